The SMILES string of the molecule is CC(CO)CN(C(=O)OC(C)(C)C)c1cc(Br)ccc1[N+](=O)[O-]. The largest absolute Gasteiger partial charge is 0.443 e. The highest BCUT2D eigenvalue weighted by molar-refractivity contribution is 9.10. The van der Waals surface area contributed by atoms with E-state index in [1.54, 1.807) is 27.7 Å². The van der Waals surface area contributed by atoms with Crippen molar-refractivity contribution in [3.8, 4) is 0 Å². The van der Waals surface area contributed by atoms with Gasteiger partial charge in [0.15, 0.2) is 0 Å². The number of nitro benzene ring substituents is 1. The molecule has 0 spiro atoms. The van der Waals surface area contributed by atoms with Gasteiger partial charge in [-0.05, 0) is 38.8 Å². The lowest BCUT2D eigenvalue weighted by Crippen LogP contribution is -2.40. The summed E-state index contributed by atoms with van der Waals surface area (Å²) in [7, 11) is 0. The molecule has 0 aliphatic rings. The van der Waals surface area contributed by atoms with Crippen molar-refractivity contribution in [2.45, 2.75) is 33.3 Å². The van der Waals surface area contributed by atoms with E-state index in [9.17, 15) is 20.0 Å². The first-order chi connectivity index (χ1) is 10.5. The molecule has 8 heteroatoms. The third-order valence-corrected chi connectivity index (χ3v) is 3.34. The zero-order valence-electron chi connectivity index (χ0n) is 13.6. The second kappa shape index (κ2) is 7.74. The lowest BCUT2D eigenvalue weighted by molar-refractivity contribution is -0.384. The molecule has 1 unspecified atom stereocenters. The smallest absolute Gasteiger partial charge is 0.415 e. The second-order valence-electron chi connectivity index (χ2n) is 6.27. The van der Waals surface area contributed by atoms with Crippen molar-refractivity contribution in [1.82, 2.24) is 0 Å². The molecular weight excluding hydrogens is 368 g/mol. The van der Waals surface area contributed by atoms with E-state index in [1.165, 1.54) is 23.1 Å². The van der Waals surface area contributed by atoms with Crippen LogP contribution in [0.15, 0.2) is 22.7 Å². The van der Waals surface area contributed by atoms with E-state index < -0.39 is 16.6 Å². The van der Waals surface area contributed by atoms with Crippen LogP contribution in [0.1, 0.15) is 27.7 Å². The molecule has 0 aromatic heterocycles. The van der Waals surface area contributed by atoms with Gasteiger partial charge in [-0.2, -0.15) is 0 Å². The molecule has 1 aromatic carbocycles. The van der Waals surface area contributed by atoms with Crippen molar-refractivity contribution in [3.63, 3.8) is 0 Å². The lowest BCUT2D eigenvalue weighted by Gasteiger charge is -2.28. The van der Waals surface area contributed by atoms with Crippen molar-refractivity contribution in [2.24, 2.45) is 5.92 Å². The molecule has 1 N–H and O–H groups in total. The number of hydrogen-bond acceptors (Lipinski definition) is 5. The van der Waals surface area contributed by atoms with Crippen molar-refractivity contribution in [2.75, 3.05) is 18.1 Å². The van der Waals surface area contributed by atoms with E-state index in [0.29, 0.717) is 4.47 Å². The minimum absolute atomic E-state index is 0.0999. The van der Waals surface area contributed by atoms with Crippen LogP contribution >= 0.6 is 15.9 Å². The number of aliphatic hydroxyl groups is 1. The molecule has 128 valence electrons. The highest BCUT2D eigenvalue weighted by Gasteiger charge is 2.29. The summed E-state index contributed by atoms with van der Waals surface area (Å²) < 4.78 is 5.94. The number of anilines is 1. The Labute approximate surface area is 143 Å². The van der Waals surface area contributed by atoms with Gasteiger partial charge in [0, 0.05) is 23.7 Å². The maximum atomic E-state index is 12.5. The van der Waals surface area contributed by atoms with Crippen LogP contribution in [0.2, 0.25) is 0 Å². The van der Waals surface area contributed by atoms with Gasteiger partial charge >= 0.3 is 6.09 Å². The Balaban J connectivity index is 3.31. The van der Waals surface area contributed by atoms with Gasteiger partial charge in [0.2, 0.25) is 0 Å². The molecule has 7 nitrogen and oxygen atoms in total. The summed E-state index contributed by atoms with van der Waals surface area (Å²) in [5.41, 5.74) is -0.818. The first-order valence-electron chi connectivity index (χ1n) is 7.10. The van der Waals surface area contributed by atoms with Gasteiger partial charge < -0.3 is 9.84 Å². The Hall–Kier alpha value is -1.67. The molecule has 0 radical (unpaired) electrons. The highest BCUT2D eigenvalue weighted by Crippen LogP contribution is 2.32. The molecule has 1 aromatic rings. The lowest BCUT2D eigenvalue weighted by atomic mass is 10.1. The van der Waals surface area contributed by atoms with E-state index in [0.717, 1.165) is 0 Å². The molecule has 0 saturated heterocycles. The van der Waals surface area contributed by atoms with Gasteiger partial charge in [-0.15, -0.1) is 0 Å². The molecule has 23 heavy (non-hydrogen) atoms. The summed E-state index contributed by atoms with van der Waals surface area (Å²) in [6, 6.07) is 4.34. The number of hydrogen-bond donors (Lipinski definition) is 1. The van der Waals surface area contributed by atoms with Gasteiger partial charge in [-0.25, -0.2) is 4.79 Å². The fourth-order valence-electron chi connectivity index (χ4n) is 1.82. The number of carbonyl (C=O) groups is 1. The summed E-state index contributed by atoms with van der Waals surface area (Å²) in [6.45, 7) is 6.83. The molecule has 1 atom stereocenters. The maximum absolute atomic E-state index is 12.5. The van der Waals surface area contributed by atoms with E-state index >= 15 is 0 Å². The molecule has 0 heterocycles. The average Bonchev–Trinajstić information content (AvgIpc) is 2.41. The predicted molar refractivity (Wildman–Crippen MR) is 90.6 cm³/mol. The van der Waals surface area contributed by atoms with Crippen molar-refractivity contribution < 1.29 is 19.6 Å². The Morgan fingerprint density at radius 3 is 2.57 bits per heavy atom. The number of aliphatic hydroxyl groups excluding tert-OH is 1. The third kappa shape index (κ3) is 5.80. The van der Waals surface area contributed by atoms with Gasteiger partial charge in [-0.3, -0.25) is 15.0 Å². The molecule has 0 saturated carbocycles. The highest BCUT2D eigenvalue weighted by atomic mass is 79.9. The minimum Gasteiger partial charge on any atom is -0.443 e. The molecule has 0 aliphatic heterocycles. The average molecular weight is 389 g/mol. The Kier molecular flexibility index (Phi) is 6.52. The summed E-state index contributed by atoms with van der Waals surface area (Å²) in [6.07, 6.45) is -0.695. The van der Waals surface area contributed by atoms with E-state index in [4.69, 9.17) is 4.74 Å². The molecular formula is C15H21BrN2O5. The molecule has 1 rings (SSSR count). The van der Waals surface area contributed by atoms with Gasteiger partial charge in [0.1, 0.15) is 11.3 Å². The Morgan fingerprint density at radius 2 is 2.09 bits per heavy atom. The third-order valence-electron chi connectivity index (χ3n) is 2.84. The second-order valence-corrected chi connectivity index (χ2v) is 7.18. The van der Waals surface area contributed by atoms with Crippen LogP contribution in [0, 0.1) is 16.0 Å². The molecule has 0 aliphatic carbocycles. The standard InChI is InChI=1S/C15H21BrN2O5/c1-10(9-19)8-17(14(20)23-15(2,3)4)13-7-11(16)5-6-12(13)18(21)22/h5-7,10,19H,8-9H2,1-4H3. The number of nitro groups is 1. The van der Waals surface area contributed by atoms with E-state index in [1.807, 2.05) is 0 Å². The van der Waals surface area contributed by atoms with Crippen LogP contribution in [0.3, 0.4) is 0 Å². The summed E-state index contributed by atoms with van der Waals surface area (Å²) in [4.78, 5) is 24.4. The van der Waals surface area contributed by atoms with Crippen molar-refractivity contribution in [1.29, 1.82) is 0 Å². The zero-order chi connectivity index (χ0) is 17.8. The number of rotatable bonds is 5. The summed E-state index contributed by atoms with van der Waals surface area (Å²) >= 11 is 3.26. The van der Waals surface area contributed by atoms with E-state index in [2.05, 4.69) is 15.9 Å². The Bertz CT molecular complexity index is 586. The monoisotopic (exact) mass is 388 g/mol. The van der Waals surface area contributed by atoms with Gasteiger partial charge in [0.05, 0.1) is 4.92 Å². The fourth-order valence-corrected chi connectivity index (χ4v) is 2.17. The zero-order valence-corrected chi connectivity index (χ0v) is 15.2. The molecule has 1 amide bonds. The number of carbonyl (C=O) groups excluding carboxylic acids is 1. The minimum atomic E-state index is -0.738. The number of amides is 1. The first-order valence-corrected chi connectivity index (χ1v) is 7.89. The van der Waals surface area contributed by atoms with Crippen LogP contribution in [0.5, 0.6) is 0 Å². The normalized spacial score (nSPS) is 12.6. The summed E-state index contributed by atoms with van der Waals surface area (Å²) in [5.74, 6) is -0.263. The first kappa shape index (κ1) is 19.4. The fraction of sp³-hybridized carbons (Fsp3) is 0.533. The number of benzene rings is 1. The van der Waals surface area contributed by atoms with E-state index in [-0.39, 0.29) is 30.4 Å². The maximum Gasteiger partial charge on any atom is 0.415 e. The van der Waals surface area contributed by atoms with Crippen molar-refractivity contribution >= 4 is 33.4 Å². The molecule has 0 fully saturated rings. The number of nitrogens with zero attached hydrogens (tertiary/aromatic N) is 2. The summed E-state index contributed by atoms with van der Waals surface area (Å²) in [5, 5.41) is 20.5. The van der Waals surface area contributed by atoms with Gasteiger partial charge in [-0.1, -0.05) is 22.9 Å². The van der Waals surface area contributed by atoms with Crippen LogP contribution in [0.25, 0.3) is 0 Å². The molecule has 0 bridgehead atoms. The number of ether oxygens (including phenoxy) is 1. The quantitative estimate of drug-likeness (QED) is 0.612. The number of halogens is 1. The topological polar surface area (TPSA) is 92.9 Å². The Morgan fingerprint density at radius 1 is 1.48 bits per heavy atom. The van der Waals surface area contributed by atoms with Crippen LogP contribution < -0.4 is 4.90 Å². The van der Waals surface area contributed by atoms with Crippen molar-refractivity contribution in [3.05, 3.63) is 32.8 Å². The van der Waals surface area contributed by atoms with Gasteiger partial charge in [0.25, 0.3) is 5.69 Å². The predicted octanol–water partition coefficient (Wildman–Crippen LogP) is 3.73. The van der Waals surface area contributed by atoms with Crippen LogP contribution in [0.4, 0.5) is 16.2 Å². The van der Waals surface area contributed by atoms with Crippen LogP contribution in [-0.2, 0) is 4.74 Å². The van der Waals surface area contributed by atoms with Crippen LogP contribution in [-0.4, -0.2) is 34.9 Å².